The standard InChI is InChI=1S/C13H9BrF3NO4S/c14-11-10(22-23(20,21)13(15,16)17)6-7-18(12(11)19)8-9-4-2-1-3-5-9/h1-7H,8H2. The summed E-state index contributed by atoms with van der Waals surface area (Å²) in [5.41, 5.74) is -5.51. The van der Waals surface area contributed by atoms with Crippen molar-refractivity contribution in [3.05, 3.63) is 63.0 Å². The molecule has 0 atom stereocenters. The summed E-state index contributed by atoms with van der Waals surface area (Å²) in [5.74, 6) is -0.725. The van der Waals surface area contributed by atoms with Crippen LogP contribution in [0.1, 0.15) is 5.56 Å². The van der Waals surface area contributed by atoms with E-state index in [4.69, 9.17) is 0 Å². The zero-order valence-electron chi connectivity index (χ0n) is 11.2. The molecule has 0 radical (unpaired) electrons. The predicted octanol–water partition coefficient (Wildman–Crippen LogP) is 2.89. The molecule has 0 bridgehead atoms. The Labute approximate surface area is 137 Å². The number of hydrogen-bond donors (Lipinski definition) is 0. The van der Waals surface area contributed by atoms with Gasteiger partial charge in [0.05, 0.1) is 6.54 Å². The lowest BCUT2D eigenvalue weighted by Crippen LogP contribution is -2.29. The Kier molecular flexibility index (Phi) is 4.85. The second-order valence-corrected chi connectivity index (χ2v) is 6.73. The quantitative estimate of drug-likeness (QED) is 0.573. The lowest BCUT2D eigenvalue weighted by Gasteiger charge is -2.12. The third-order valence-electron chi connectivity index (χ3n) is 2.75. The molecule has 1 aromatic heterocycles. The first kappa shape index (κ1) is 17.5. The van der Waals surface area contributed by atoms with Gasteiger partial charge < -0.3 is 8.75 Å². The maximum absolute atomic E-state index is 12.3. The summed E-state index contributed by atoms with van der Waals surface area (Å²) in [6, 6.07) is 9.82. The van der Waals surface area contributed by atoms with E-state index in [1.165, 1.54) is 4.57 Å². The fourth-order valence-corrected chi connectivity index (χ4v) is 2.68. The van der Waals surface area contributed by atoms with Gasteiger partial charge in [-0.2, -0.15) is 21.6 Å². The number of halogens is 4. The molecule has 0 N–H and O–H groups in total. The molecule has 0 amide bonds. The van der Waals surface area contributed by atoms with Crippen LogP contribution >= 0.6 is 15.9 Å². The number of alkyl halides is 3. The van der Waals surface area contributed by atoms with Crippen LogP contribution in [0.15, 0.2) is 51.9 Å². The van der Waals surface area contributed by atoms with Crippen LogP contribution in [0.2, 0.25) is 0 Å². The van der Waals surface area contributed by atoms with E-state index in [-0.39, 0.29) is 6.54 Å². The molecular formula is C13H9BrF3NO4S. The van der Waals surface area contributed by atoms with Gasteiger partial charge in [0, 0.05) is 6.20 Å². The number of benzene rings is 1. The Morgan fingerprint density at radius 1 is 1.13 bits per heavy atom. The van der Waals surface area contributed by atoms with Gasteiger partial charge in [-0.15, -0.1) is 0 Å². The summed E-state index contributed by atoms with van der Waals surface area (Å²) in [5, 5.41) is 0. The van der Waals surface area contributed by atoms with E-state index in [2.05, 4.69) is 20.1 Å². The highest BCUT2D eigenvalue weighted by Gasteiger charge is 2.48. The molecule has 10 heteroatoms. The van der Waals surface area contributed by atoms with Crippen molar-refractivity contribution < 1.29 is 25.8 Å². The van der Waals surface area contributed by atoms with E-state index in [0.717, 1.165) is 17.8 Å². The molecule has 0 spiro atoms. The van der Waals surface area contributed by atoms with Crippen molar-refractivity contribution in [1.82, 2.24) is 4.57 Å². The van der Waals surface area contributed by atoms with E-state index >= 15 is 0 Å². The number of hydrogen-bond acceptors (Lipinski definition) is 4. The summed E-state index contributed by atoms with van der Waals surface area (Å²) in [7, 11) is -5.84. The summed E-state index contributed by atoms with van der Waals surface area (Å²) in [4.78, 5) is 12.1. The van der Waals surface area contributed by atoms with Crippen LogP contribution in [0.4, 0.5) is 13.2 Å². The number of pyridine rings is 1. The molecule has 2 aromatic rings. The minimum atomic E-state index is -5.84. The van der Waals surface area contributed by atoms with Crippen LogP contribution < -0.4 is 9.74 Å². The van der Waals surface area contributed by atoms with Crippen molar-refractivity contribution in [3.8, 4) is 5.75 Å². The molecule has 0 saturated heterocycles. The first-order valence-corrected chi connectivity index (χ1v) is 8.25. The first-order chi connectivity index (χ1) is 10.6. The van der Waals surface area contributed by atoms with E-state index in [1.807, 2.05) is 0 Å². The van der Waals surface area contributed by atoms with Crippen LogP contribution in [-0.2, 0) is 16.7 Å². The molecule has 1 heterocycles. The van der Waals surface area contributed by atoms with Crippen molar-refractivity contribution in [2.75, 3.05) is 0 Å². The monoisotopic (exact) mass is 411 g/mol. The predicted molar refractivity (Wildman–Crippen MR) is 79.5 cm³/mol. The maximum Gasteiger partial charge on any atom is 0.534 e. The van der Waals surface area contributed by atoms with Gasteiger partial charge >= 0.3 is 15.6 Å². The fraction of sp³-hybridized carbons (Fsp3) is 0.154. The van der Waals surface area contributed by atoms with Gasteiger partial charge in [0.15, 0.2) is 5.75 Å². The second kappa shape index (κ2) is 6.36. The van der Waals surface area contributed by atoms with Gasteiger partial charge in [0.2, 0.25) is 0 Å². The minimum Gasteiger partial charge on any atom is -0.375 e. The van der Waals surface area contributed by atoms with Crippen LogP contribution in [0.5, 0.6) is 5.75 Å². The highest BCUT2D eigenvalue weighted by molar-refractivity contribution is 9.10. The topological polar surface area (TPSA) is 65.4 Å². The number of rotatable bonds is 4. The van der Waals surface area contributed by atoms with Crippen LogP contribution in [0.25, 0.3) is 0 Å². The van der Waals surface area contributed by atoms with E-state index in [9.17, 15) is 26.4 Å². The van der Waals surface area contributed by atoms with Crippen molar-refractivity contribution in [2.45, 2.75) is 12.1 Å². The van der Waals surface area contributed by atoms with Crippen molar-refractivity contribution >= 4 is 26.0 Å². The molecule has 0 unspecified atom stereocenters. The number of aromatic nitrogens is 1. The summed E-state index contributed by atoms with van der Waals surface area (Å²) in [6.07, 6.45) is 1.15. The van der Waals surface area contributed by atoms with Gasteiger partial charge in [0.25, 0.3) is 5.56 Å². The molecule has 0 saturated carbocycles. The minimum absolute atomic E-state index is 0.171. The lowest BCUT2D eigenvalue weighted by molar-refractivity contribution is -0.0500. The lowest BCUT2D eigenvalue weighted by atomic mass is 10.2. The highest BCUT2D eigenvalue weighted by Crippen LogP contribution is 2.29. The maximum atomic E-state index is 12.3. The zero-order valence-corrected chi connectivity index (χ0v) is 13.7. The van der Waals surface area contributed by atoms with Crippen molar-refractivity contribution in [3.63, 3.8) is 0 Å². The molecule has 1 aromatic carbocycles. The van der Waals surface area contributed by atoms with Crippen LogP contribution in [0, 0.1) is 0 Å². The Hall–Kier alpha value is -1.81. The van der Waals surface area contributed by atoms with Crippen molar-refractivity contribution in [2.24, 2.45) is 0 Å². The van der Waals surface area contributed by atoms with Crippen LogP contribution in [0.3, 0.4) is 0 Å². The average Bonchev–Trinajstić information content (AvgIpc) is 2.47. The largest absolute Gasteiger partial charge is 0.534 e. The normalized spacial score (nSPS) is 12.2. The Morgan fingerprint density at radius 3 is 2.30 bits per heavy atom. The fourth-order valence-electron chi connectivity index (χ4n) is 1.66. The molecule has 0 aliphatic heterocycles. The number of nitrogens with zero attached hydrogens (tertiary/aromatic N) is 1. The molecular weight excluding hydrogens is 403 g/mol. The first-order valence-electron chi connectivity index (χ1n) is 6.05. The second-order valence-electron chi connectivity index (χ2n) is 4.40. The highest BCUT2D eigenvalue weighted by atomic mass is 79.9. The molecule has 23 heavy (non-hydrogen) atoms. The summed E-state index contributed by atoms with van der Waals surface area (Å²) >= 11 is 2.77. The molecule has 5 nitrogen and oxygen atoms in total. The molecule has 0 fully saturated rings. The zero-order chi connectivity index (χ0) is 17.3. The molecule has 2 rings (SSSR count). The van der Waals surface area contributed by atoms with Crippen molar-refractivity contribution in [1.29, 1.82) is 0 Å². The van der Waals surface area contributed by atoms with E-state index in [1.54, 1.807) is 30.3 Å². The summed E-state index contributed by atoms with van der Waals surface area (Å²) in [6.45, 7) is 0.171. The van der Waals surface area contributed by atoms with Gasteiger partial charge in [-0.3, -0.25) is 4.79 Å². The average molecular weight is 412 g/mol. The third kappa shape index (κ3) is 3.94. The summed E-state index contributed by atoms with van der Waals surface area (Å²) < 4.78 is 63.6. The molecule has 0 aliphatic rings. The smallest absolute Gasteiger partial charge is 0.375 e. The van der Waals surface area contributed by atoms with Gasteiger partial charge in [-0.1, -0.05) is 30.3 Å². The van der Waals surface area contributed by atoms with Crippen LogP contribution in [-0.4, -0.2) is 18.5 Å². The molecule has 124 valence electrons. The Morgan fingerprint density at radius 2 is 1.74 bits per heavy atom. The van der Waals surface area contributed by atoms with Gasteiger partial charge in [0.1, 0.15) is 4.47 Å². The third-order valence-corrected chi connectivity index (χ3v) is 4.45. The SMILES string of the molecule is O=c1c(Br)c(OS(=O)(=O)C(F)(F)F)ccn1Cc1ccccc1. The Balaban J connectivity index is 2.34. The van der Waals surface area contributed by atoms with E-state index < -0.39 is 31.4 Å². The van der Waals surface area contributed by atoms with E-state index in [0.29, 0.717) is 0 Å². The molecule has 0 aliphatic carbocycles. The van der Waals surface area contributed by atoms with Gasteiger partial charge in [-0.05, 0) is 27.6 Å². The van der Waals surface area contributed by atoms with Gasteiger partial charge in [-0.25, -0.2) is 0 Å². The Bertz CT molecular complexity index is 863.